The topological polar surface area (TPSA) is 3.24 Å². The van der Waals surface area contributed by atoms with Gasteiger partial charge in [-0.3, -0.25) is 4.90 Å². The minimum atomic E-state index is 0.423. The SMILES string of the molecule is CC(/C=C\I)N(Cc1ccccc1)Cc1ccccc1. The number of benzene rings is 2. The third-order valence-electron chi connectivity index (χ3n) is 3.38. The minimum absolute atomic E-state index is 0.423. The van der Waals surface area contributed by atoms with Gasteiger partial charge in [0.25, 0.3) is 0 Å². The van der Waals surface area contributed by atoms with E-state index in [2.05, 4.69) is 105 Å². The van der Waals surface area contributed by atoms with Crippen molar-refractivity contribution >= 4 is 22.6 Å². The lowest BCUT2D eigenvalue weighted by molar-refractivity contribution is 0.223. The van der Waals surface area contributed by atoms with Gasteiger partial charge in [-0.25, -0.2) is 0 Å². The molecular formula is C18H20IN. The molecule has 0 bridgehead atoms. The Bertz CT molecular complexity index is 480. The van der Waals surface area contributed by atoms with Crippen LogP contribution in [0.15, 0.2) is 70.8 Å². The van der Waals surface area contributed by atoms with Crippen molar-refractivity contribution in [2.24, 2.45) is 0 Å². The first kappa shape index (κ1) is 15.3. The number of rotatable bonds is 6. The summed E-state index contributed by atoms with van der Waals surface area (Å²) < 4.78 is 2.10. The fourth-order valence-corrected chi connectivity index (χ4v) is 2.81. The summed E-state index contributed by atoms with van der Waals surface area (Å²) in [5.74, 6) is 0. The highest BCUT2D eigenvalue weighted by atomic mass is 127. The zero-order valence-electron chi connectivity index (χ0n) is 11.7. The Morgan fingerprint density at radius 1 is 0.900 bits per heavy atom. The Hall–Kier alpha value is -1.13. The molecule has 20 heavy (non-hydrogen) atoms. The van der Waals surface area contributed by atoms with Crippen LogP contribution in [0.2, 0.25) is 0 Å². The van der Waals surface area contributed by atoms with Crippen molar-refractivity contribution in [1.82, 2.24) is 4.90 Å². The quantitative estimate of drug-likeness (QED) is 0.639. The average Bonchev–Trinajstić information content (AvgIpc) is 2.49. The third-order valence-corrected chi connectivity index (χ3v) is 3.80. The van der Waals surface area contributed by atoms with E-state index in [0.29, 0.717) is 6.04 Å². The maximum absolute atomic E-state index is 2.49. The van der Waals surface area contributed by atoms with E-state index >= 15 is 0 Å². The van der Waals surface area contributed by atoms with Crippen molar-refractivity contribution in [2.75, 3.05) is 0 Å². The van der Waals surface area contributed by atoms with E-state index in [0.717, 1.165) is 13.1 Å². The van der Waals surface area contributed by atoms with Gasteiger partial charge in [0.1, 0.15) is 0 Å². The molecule has 1 atom stereocenters. The Morgan fingerprint density at radius 2 is 1.35 bits per heavy atom. The van der Waals surface area contributed by atoms with Gasteiger partial charge in [0.2, 0.25) is 0 Å². The second-order valence-corrected chi connectivity index (χ2v) is 5.65. The number of hydrogen-bond donors (Lipinski definition) is 0. The smallest absolute Gasteiger partial charge is 0.0264 e. The molecule has 0 aliphatic carbocycles. The normalized spacial score (nSPS) is 12.9. The van der Waals surface area contributed by atoms with E-state index in [1.165, 1.54) is 11.1 Å². The van der Waals surface area contributed by atoms with Crippen LogP contribution in [0.5, 0.6) is 0 Å². The summed E-state index contributed by atoms with van der Waals surface area (Å²) in [6, 6.07) is 21.8. The first-order valence-electron chi connectivity index (χ1n) is 6.88. The van der Waals surface area contributed by atoms with Crippen molar-refractivity contribution in [3.63, 3.8) is 0 Å². The van der Waals surface area contributed by atoms with Crippen molar-refractivity contribution < 1.29 is 0 Å². The van der Waals surface area contributed by atoms with Gasteiger partial charge in [-0.15, -0.1) is 0 Å². The van der Waals surface area contributed by atoms with Crippen molar-refractivity contribution in [1.29, 1.82) is 0 Å². The monoisotopic (exact) mass is 377 g/mol. The van der Waals surface area contributed by atoms with Gasteiger partial charge in [0, 0.05) is 19.1 Å². The van der Waals surface area contributed by atoms with Gasteiger partial charge in [-0.2, -0.15) is 0 Å². The Balaban J connectivity index is 2.12. The molecule has 104 valence electrons. The molecule has 0 aliphatic rings. The molecular weight excluding hydrogens is 357 g/mol. The van der Waals surface area contributed by atoms with E-state index in [-0.39, 0.29) is 0 Å². The first-order valence-corrected chi connectivity index (χ1v) is 8.13. The lowest BCUT2D eigenvalue weighted by atomic mass is 10.1. The molecule has 0 saturated heterocycles. The van der Waals surface area contributed by atoms with E-state index in [4.69, 9.17) is 0 Å². The fourth-order valence-electron chi connectivity index (χ4n) is 2.21. The molecule has 2 aromatic rings. The van der Waals surface area contributed by atoms with Crippen LogP contribution in [0.3, 0.4) is 0 Å². The van der Waals surface area contributed by atoms with Crippen LogP contribution in [-0.2, 0) is 13.1 Å². The van der Waals surface area contributed by atoms with Gasteiger partial charge < -0.3 is 0 Å². The Labute approximate surface area is 135 Å². The molecule has 0 N–H and O–H groups in total. The van der Waals surface area contributed by atoms with Crippen LogP contribution in [0, 0.1) is 0 Å². The molecule has 0 spiro atoms. The Morgan fingerprint density at radius 3 is 1.75 bits per heavy atom. The van der Waals surface area contributed by atoms with Crippen LogP contribution in [0.25, 0.3) is 0 Å². The molecule has 0 aromatic heterocycles. The van der Waals surface area contributed by atoms with E-state index in [1.54, 1.807) is 0 Å². The third kappa shape index (κ3) is 4.76. The van der Waals surface area contributed by atoms with Crippen LogP contribution >= 0.6 is 22.6 Å². The molecule has 2 heteroatoms. The molecule has 1 nitrogen and oxygen atoms in total. The standard InChI is InChI=1S/C18H20IN/c1-16(12-13-19)20(14-17-8-4-2-5-9-17)15-18-10-6-3-7-11-18/h2-13,16H,14-15H2,1H3/b13-12-. The van der Waals surface area contributed by atoms with E-state index in [1.807, 2.05) is 0 Å². The lowest BCUT2D eigenvalue weighted by Gasteiger charge is -2.27. The summed E-state index contributed by atoms with van der Waals surface area (Å²) in [6.07, 6.45) is 2.24. The van der Waals surface area contributed by atoms with E-state index < -0.39 is 0 Å². The maximum atomic E-state index is 2.49. The molecule has 0 aliphatic heterocycles. The van der Waals surface area contributed by atoms with Crippen LogP contribution in [-0.4, -0.2) is 10.9 Å². The van der Waals surface area contributed by atoms with Gasteiger partial charge in [-0.1, -0.05) is 89.3 Å². The number of nitrogens with zero attached hydrogens (tertiary/aromatic N) is 1. The zero-order valence-corrected chi connectivity index (χ0v) is 13.9. The second kappa shape index (κ2) is 8.22. The molecule has 2 rings (SSSR count). The maximum Gasteiger partial charge on any atom is 0.0264 e. The average molecular weight is 377 g/mol. The van der Waals surface area contributed by atoms with Gasteiger partial charge >= 0.3 is 0 Å². The van der Waals surface area contributed by atoms with E-state index in [9.17, 15) is 0 Å². The molecule has 0 heterocycles. The summed E-state index contributed by atoms with van der Waals surface area (Å²) in [5, 5.41) is 0. The zero-order chi connectivity index (χ0) is 14.2. The fraction of sp³-hybridized carbons (Fsp3) is 0.222. The van der Waals surface area contributed by atoms with Crippen LogP contribution in [0.4, 0.5) is 0 Å². The highest BCUT2D eigenvalue weighted by Gasteiger charge is 2.12. The molecule has 0 radical (unpaired) electrons. The highest BCUT2D eigenvalue weighted by Crippen LogP contribution is 2.14. The number of halogens is 1. The first-order chi connectivity index (χ1) is 9.79. The van der Waals surface area contributed by atoms with Crippen molar-refractivity contribution in [3.8, 4) is 0 Å². The molecule has 1 unspecified atom stereocenters. The predicted octanol–water partition coefficient (Wildman–Crippen LogP) is 5.03. The van der Waals surface area contributed by atoms with Crippen LogP contribution in [0.1, 0.15) is 18.1 Å². The summed E-state index contributed by atoms with van der Waals surface area (Å²) in [7, 11) is 0. The highest BCUT2D eigenvalue weighted by molar-refractivity contribution is 14.1. The predicted molar refractivity (Wildman–Crippen MR) is 94.8 cm³/mol. The largest absolute Gasteiger partial charge is 0.289 e. The van der Waals surface area contributed by atoms with Crippen molar-refractivity contribution in [2.45, 2.75) is 26.1 Å². The second-order valence-electron chi connectivity index (χ2n) is 4.94. The number of hydrogen-bond acceptors (Lipinski definition) is 1. The van der Waals surface area contributed by atoms with Crippen LogP contribution < -0.4 is 0 Å². The van der Waals surface area contributed by atoms with Gasteiger partial charge in [-0.05, 0) is 22.1 Å². The molecule has 0 fully saturated rings. The summed E-state index contributed by atoms with van der Waals surface area (Å²) >= 11 is 2.29. The van der Waals surface area contributed by atoms with Gasteiger partial charge in [0.05, 0.1) is 0 Å². The molecule has 0 saturated carbocycles. The van der Waals surface area contributed by atoms with Gasteiger partial charge in [0.15, 0.2) is 0 Å². The minimum Gasteiger partial charge on any atom is -0.289 e. The summed E-state index contributed by atoms with van der Waals surface area (Å²) in [4.78, 5) is 2.49. The molecule has 2 aromatic carbocycles. The Kier molecular flexibility index (Phi) is 6.27. The molecule has 0 amide bonds. The van der Waals surface area contributed by atoms with Crippen molar-refractivity contribution in [3.05, 3.63) is 81.9 Å². The lowest BCUT2D eigenvalue weighted by Crippen LogP contribution is -2.30. The summed E-state index contributed by atoms with van der Waals surface area (Å²) in [5.41, 5.74) is 2.72. The summed E-state index contributed by atoms with van der Waals surface area (Å²) in [6.45, 7) is 4.19.